The lowest BCUT2D eigenvalue weighted by atomic mass is 10.1. The number of benzene rings is 4. The van der Waals surface area contributed by atoms with E-state index in [1.165, 1.54) is 10.8 Å². The minimum absolute atomic E-state index is 0.0863. The van der Waals surface area contributed by atoms with Crippen LogP contribution < -0.4 is 15.6 Å². The van der Waals surface area contributed by atoms with Gasteiger partial charge in [-0.15, -0.1) is 0 Å². The number of carbonyl (C=O) groups excluding carboxylic acids is 1. The van der Waals surface area contributed by atoms with E-state index in [9.17, 15) is 14.9 Å². The first kappa shape index (κ1) is 32.1. The Morgan fingerprint density at radius 1 is 0.958 bits per heavy atom. The quantitative estimate of drug-likeness (QED) is 0.125. The van der Waals surface area contributed by atoms with E-state index in [0.29, 0.717) is 38.4 Å². The molecule has 0 atom stereocenters. The Morgan fingerprint density at radius 2 is 1.62 bits per heavy atom. The molecule has 4 aromatic carbocycles. The van der Waals surface area contributed by atoms with Crippen LogP contribution in [0.1, 0.15) is 16.8 Å². The van der Waals surface area contributed by atoms with Gasteiger partial charge in [0, 0.05) is 40.0 Å². The minimum Gasteiger partial charge on any atom is -0.489 e. The van der Waals surface area contributed by atoms with Crippen molar-refractivity contribution in [3.05, 3.63) is 152 Å². The van der Waals surface area contributed by atoms with Crippen LogP contribution in [0.25, 0.3) is 28.7 Å². The van der Waals surface area contributed by atoms with E-state index in [-0.39, 0.29) is 17.9 Å². The number of anilines is 1. The fourth-order valence-electron chi connectivity index (χ4n) is 5.14. The Hall–Kier alpha value is -5.82. The maximum atomic E-state index is 13.5. The molecule has 6 rings (SSSR count). The molecule has 1 N–H and O–H groups in total. The van der Waals surface area contributed by atoms with E-state index in [2.05, 4.69) is 5.32 Å². The Kier molecular flexibility index (Phi) is 9.30. The topological polar surface area (TPSA) is 107 Å². The number of nitriles is 1. The number of rotatable bonds is 9. The van der Waals surface area contributed by atoms with Gasteiger partial charge in [-0.05, 0) is 73.7 Å². The Morgan fingerprint density at radius 3 is 2.27 bits per heavy atom. The van der Waals surface area contributed by atoms with E-state index in [1.54, 1.807) is 53.8 Å². The highest BCUT2D eigenvalue weighted by Gasteiger charge is 2.21. The lowest BCUT2D eigenvalue weighted by Crippen LogP contribution is -2.23. The summed E-state index contributed by atoms with van der Waals surface area (Å²) in [7, 11) is 1.73. The van der Waals surface area contributed by atoms with Crippen molar-refractivity contribution in [3.8, 4) is 34.5 Å². The number of hydrogen-bond donors (Lipinski definition) is 1. The van der Waals surface area contributed by atoms with Crippen molar-refractivity contribution in [1.82, 2.24) is 19.1 Å². The van der Waals surface area contributed by atoms with Crippen LogP contribution in [0.4, 0.5) is 5.69 Å². The normalized spacial score (nSPS) is 11.3. The van der Waals surface area contributed by atoms with Crippen molar-refractivity contribution in [1.29, 1.82) is 5.26 Å². The van der Waals surface area contributed by atoms with Gasteiger partial charge in [0.25, 0.3) is 11.5 Å². The number of amides is 1. The number of hydrogen-bond acceptors (Lipinski definition) is 5. The summed E-state index contributed by atoms with van der Waals surface area (Å²) in [6.45, 7) is 1.98. The molecule has 9 nitrogen and oxygen atoms in total. The molecule has 0 spiro atoms. The van der Waals surface area contributed by atoms with E-state index in [1.807, 2.05) is 84.9 Å². The number of para-hydroxylation sites is 2. The zero-order valence-electron chi connectivity index (χ0n) is 25.9. The predicted molar refractivity (Wildman–Crippen MR) is 188 cm³/mol. The van der Waals surface area contributed by atoms with Gasteiger partial charge >= 0.3 is 0 Å². The van der Waals surface area contributed by atoms with E-state index >= 15 is 0 Å². The average Bonchev–Trinajstić information content (AvgIpc) is 3.62. The number of aromatic nitrogens is 4. The third-order valence-corrected chi connectivity index (χ3v) is 8.35. The summed E-state index contributed by atoms with van der Waals surface area (Å²) >= 11 is 12.3. The summed E-state index contributed by atoms with van der Waals surface area (Å²) in [5.41, 5.74) is 4.04. The van der Waals surface area contributed by atoms with Crippen LogP contribution in [0.3, 0.4) is 0 Å². The summed E-state index contributed by atoms with van der Waals surface area (Å²) in [5, 5.41) is 18.6. The van der Waals surface area contributed by atoms with Gasteiger partial charge in [0.2, 0.25) is 0 Å². The molecular weight excluding hydrogens is 647 g/mol. The van der Waals surface area contributed by atoms with Crippen molar-refractivity contribution in [2.24, 2.45) is 7.05 Å². The van der Waals surface area contributed by atoms with E-state index < -0.39 is 11.5 Å². The SMILES string of the molecule is Cc1c(NC(=O)C(C#N)=Cc2cn(-c3ccccc3)nc2-c2ccc(OCc3ccc(Cl)cc3Cl)cc2)c(=O)n(-c2ccccc2)n1C. The third-order valence-electron chi connectivity index (χ3n) is 7.76. The third kappa shape index (κ3) is 6.67. The zero-order chi connectivity index (χ0) is 33.8. The van der Waals surface area contributed by atoms with Crippen LogP contribution in [-0.4, -0.2) is 25.1 Å². The number of ether oxygens (including phenoxy) is 1. The molecule has 0 fully saturated rings. The highest BCUT2D eigenvalue weighted by atomic mass is 35.5. The van der Waals surface area contributed by atoms with Gasteiger partial charge in [-0.1, -0.05) is 65.7 Å². The summed E-state index contributed by atoms with van der Waals surface area (Å²) < 4.78 is 10.7. The highest BCUT2D eigenvalue weighted by molar-refractivity contribution is 6.35. The Labute approximate surface area is 286 Å². The maximum absolute atomic E-state index is 13.5. The molecule has 0 unspecified atom stereocenters. The minimum atomic E-state index is -0.716. The van der Waals surface area contributed by atoms with Crippen molar-refractivity contribution in [2.45, 2.75) is 13.5 Å². The molecule has 6 aromatic rings. The van der Waals surface area contributed by atoms with Crippen molar-refractivity contribution in [3.63, 3.8) is 0 Å². The van der Waals surface area contributed by atoms with Gasteiger partial charge in [0.05, 0.1) is 22.8 Å². The second-order valence-corrected chi connectivity index (χ2v) is 11.7. The highest BCUT2D eigenvalue weighted by Crippen LogP contribution is 2.29. The van der Waals surface area contributed by atoms with Gasteiger partial charge in [0.1, 0.15) is 29.7 Å². The smallest absolute Gasteiger partial charge is 0.295 e. The van der Waals surface area contributed by atoms with Gasteiger partial charge in [0.15, 0.2) is 0 Å². The molecule has 0 aliphatic carbocycles. The van der Waals surface area contributed by atoms with Crippen LogP contribution in [0, 0.1) is 18.3 Å². The molecule has 0 bridgehead atoms. The summed E-state index contributed by atoms with van der Waals surface area (Å²) in [6.07, 6.45) is 3.22. The molecule has 0 saturated heterocycles. The second-order valence-electron chi connectivity index (χ2n) is 10.8. The lowest BCUT2D eigenvalue weighted by Gasteiger charge is -2.09. The summed E-state index contributed by atoms with van der Waals surface area (Å²) in [5.74, 6) is -0.104. The van der Waals surface area contributed by atoms with Gasteiger partial charge in [-0.3, -0.25) is 14.3 Å². The monoisotopic (exact) mass is 674 g/mol. The zero-order valence-corrected chi connectivity index (χ0v) is 27.4. The van der Waals surface area contributed by atoms with Crippen LogP contribution in [0.2, 0.25) is 10.0 Å². The molecule has 1 amide bonds. The number of nitrogens with one attached hydrogen (secondary N) is 1. The lowest BCUT2D eigenvalue weighted by molar-refractivity contribution is -0.112. The van der Waals surface area contributed by atoms with Crippen molar-refractivity contribution < 1.29 is 9.53 Å². The predicted octanol–water partition coefficient (Wildman–Crippen LogP) is 7.77. The summed E-state index contributed by atoms with van der Waals surface area (Å²) in [4.78, 5) is 26.9. The van der Waals surface area contributed by atoms with Crippen molar-refractivity contribution >= 4 is 40.9 Å². The van der Waals surface area contributed by atoms with Crippen LogP contribution in [0.5, 0.6) is 5.75 Å². The first-order valence-corrected chi connectivity index (χ1v) is 15.6. The number of carbonyl (C=O) groups is 1. The molecule has 2 heterocycles. The molecule has 11 heteroatoms. The summed E-state index contributed by atoms with van der Waals surface area (Å²) in [6, 6.07) is 33.1. The van der Waals surface area contributed by atoms with E-state index in [4.69, 9.17) is 33.0 Å². The standard InChI is InChI=1S/C37H28Cl2N6O3/c1-24-34(37(47)45(43(24)2)31-11-7-4-8-12-31)41-36(46)27(21-40)19-28-22-44(30-9-5-3-6-10-30)42-35(28)25-14-17-32(18-15-25)48-23-26-13-16-29(38)20-33(26)39/h3-20,22H,23H2,1-2H3,(H,41,46). The molecule has 48 heavy (non-hydrogen) atoms. The molecule has 0 saturated carbocycles. The molecular formula is C37H28Cl2N6O3. The maximum Gasteiger partial charge on any atom is 0.295 e. The number of halogens is 2. The Bertz CT molecular complexity index is 2250. The van der Waals surface area contributed by atoms with Gasteiger partial charge in [-0.2, -0.15) is 10.4 Å². The first-order chi connectivity index (χ1) is 23.2. The van der Waals surface area contributed by atoms with Crippen LogP contribution in [0.15, 0.2) is 120 Å². The molecule has 0 radical (unpaired) electrons. The van der Waals surface area contributed by atoms with Crippen molar-refractivity contribution in [2.75, 3.05) is 5.32 Å². The number of nitrogens with zero attached hydrogens (tertiary/aromatic N) is 5. The molecule has 2 aromatic heterocycles. The van der Waals surface area contributed by atoms with Gasteiger partial charge < -0.3 is 10.1 Å². The molecule has 0 aliphatic heterocycles. The van der Waals surface area contributed by atoms with Gasteiger partial charge in [-0.25, -0.2) is 9.36 Å². The van der Waals surface area contributed by atoms with Crippen LogP contribution in [-0.2, 0) is 18.4 Å². The fraction of sp³-hybridized carbons (Fsp3) is 0.0811. The second kappa shape index (κ2) is 13.9. The van der Waals surface area contributed by atoms with E-state index in [0.717, 1.165) is 16.8 Å². The fourth-order valence-corrected chi connectivity index (χ4v) is 5.60. The molecule has 238 valence electrons. The van der Waals surface area contributed by atoms with Crippen LogP contribution >= 0.6 is 23.2 Å². The molecule has 0 aliphatic rings. The largest absolute Gasteiger partial charge is 0.489 e. The Balaban J connectivity index is 1.31. The first-order valence-electron chi connectivity index (χ1n) is 14.8. The average molecular weight is 676 g/mol.